The highest BCUT2D eigenvalue weighted by atomic mass is 19.4. The van der Waals surface area contributed by atoms with Crippen molar-refractivity contribution >= 4 is 0 Å². The summed E-state index contributed by atoms with van der Waals surface area (Å²) in [4.78, 5) is 0. The van der Waals surface area contributed by atoms with E-state index in [0.29, 0.717) is 0 Å². The highest BCUT2D eigenvalue weighted by molar-refractivity contribution is 4.94. The molecule has 0 unspecified atom stereocenters. The normalized spacial score (nSPS) is 14.6. The first-order chi connectivity index (χ1) is 6.06. The van der Waals surface area contributed by atoms with Gasteiger partial charge in [-0.25, -0.2) is 8.78 Å². The molecule has 0 aliphatic carbocycles. The zero-order chi connectivity index (χ0) is 11.6. The highest BCUT2D eigenvalue weighted by Gasteiger charge is 2.72. The van der Waals surface area contributed by atoms with E-state index >= 15 is 0 Å². The van der Waals surface area contributed by atoms with Crippen LogP contribution in [0.4, 0.5) is 35.1 Å². The van der Waals surface area contributed by atoms with Gasteiger partial charge >= 0.3 is 18.0 Å². The van der Waals surface area contributed by atoms with Crippen molar-refractivity contribution in [3.05, 3.63) is 0 Å². The molecule has 0 fully saturated rings. The molecule has 14 heavy (non-hydrogen) atoms. The van der Waals surface area contributed by atoms with Gasteiger partial charge in [0.15, 0.2) is 6.86 Å². The Labute approximate surface area is 72.6 Å². The zero-order valence-electron chi connectivity index (χ0n) is 6.35. The van der Waals surface area contributed by atoms with E-state index in [4.69, 9.17) is 0 Å². The lowest BCUT2D eigenvalue weighted by Crippen LogP contribution is -2.56. The Balaban J connectivity index is 4.87. The first-order valence-electron chi connectivity index (χ1n) is 3.02. The van der Waals surface area contributed by atoms with Gasteiger partial charge in [0.2, 0.25) is 0 Å². The molecule has 1 nitrogen and oxygen atoms in total. The summed E-state index contributed by atoms with van der Waals surface area (Å²) in [5, 5.41) is 0. The van der Waals surface area contributed by atoms with E-state index in [0.717, 1.165) is 0 Å². The van der Waals surface area contributed by atoms with Crippen molar-refractivity contribution < 1.29 is 39.9 Å². The second-order valence-electron chi connectivity index (χ2n) is 2.25. The van der Waals surface area contributed by atoms with Gasteiger partial charge in [-0.3, -0.25) is 0 Å². The second-order valence-corrected chi connectivity index (χ2v) is 2.25. The van der Waals surface area contributed by atoms with Gasteiger partial charge in [0, 0.05) is 0 Å². The molecular weight excluding hydrogens is 228 g/mol. The third kappa shape index (κ3) is 2.46. The molecule has 9 heteroatoms. The third-order valence-corrected chi connectivity index (χ3v) is 1.28. The maximum atomic E-state index is 12.5. The van der Waals surface area contributed by atoms with Gasteiger partial charge in [-0.2, -0.15) is 26.3 Å². The van der Waals surface area contributed by atoms with Crippen LogP contribution in [0.3, 0.4) is 0 Å². The summed E-state index contributed by atoms with van der Waals surface area (Å²) in [5.74, 6) is 0. The van der Waals surface area contributed by atoms with E-state index in [1.807, 2.05) is 0 Å². The van der Waals surface area contributed by atoms with Gasteiger partial charge in [-0.05, 0) is 0 Å². The molecule has 0 spiro atoms. The van der Waals surface area contributed by atoms with E-state index < -0.39 is 31.5 Å². The quantitative estimate of drug-likeness (QED) is 0.680. The Morgan fingerprint density at radius 2 is 1.14 bits per heavy atom. The SMILES string of the molecule is FCOCC(F)(C(F)(F)F)C(F)(F)F. The molecule has 0 atom stereocenters. The van der Waals surface area contributed by atoms with Gasteiger partial charge in [0.1, 0.15) is 6.61 Å². The van der Waals surface area contributed by atoms with Crippen molar-refractivity contribution in [2.75, 3.05) is 13.5 Å². The van der Waals surface area contributed by atoms with E-state index in [1.54, 1.807) is 0 Å². The summed E-state index contributed by atoms with van der Waals surface area (Å²) in [6.07, 6.45) is -12.4. The van der Waals surface area contributed by atoms with Crippen LogP contribution >= 0.6 is 0 Å². The molecule has 0 radical (unpaired) electrons. The van der Waals surface area contributed by atoms with Crippen LogP contribution < -0.4 is 0 Å². The summed E-state index contributed by atoms with van der Waals surface area (Å²) in [7, 11) is 0. The molecule has 0 aromatic carbocycles. The van der Waals surface area contributed by atoms with E-state index in [-0.39, 0.29) is 0 Å². The van der Waals surface area contributed by atoms with Crippen molar-refractivity contribution in [2.24, 2.45) is 0 Å². The summed E-state index contributed by atoms with van der Waals surface area (Å²) < 4.78 is 96.6. The minimum atomic E-state index is -6.19. The van der Waals surface area contributed by atoms with Gasteiger partial charge in [0.25, 0.3) is 0 Å². The number of hydrogen-bond donors (Lipinski definition) is 0. The Bertz CT molecular complexity index is 167. The lowest BCUT2D eigenvalue weighted by molar-refractivity contribution is -0.353. The monoisotopic (exact) mass is 232 g/mol. The lowest BCUT2D eigenvalue weighted by Gasteiger charge is -2.28. The van der Waals surface area contributed by atoms with Gasteiger partial charge in [-0.1, -0.05) is 0 Å². The number of ether oxygens (including phenoxy) is 1. The summed E-state index contributed by atoms with van der Waals surface area (Å²) in [6, 6.07) is 0. The molecule has 0 amide bonds. The highest BCUT2D eigenvalue weighted by Crippen LogP contribution is 2.46. The lowest BCUT2D eigenvalue weighted by atomic mass is 10.1. The van der Waals surface area contributed by atoms with Crippen LogP contribution in [-0.2, 0) is 4.74 Å². The van der Waals surface area contributed by atoms with E-state index in [1.165, 1.54) is 0 Å². The smallest absolute Gasteiger partial charge is 0.346 e. The molecule has 0 saturated heterocycles. The minimum Gasteiger partial charge on any atom is -0.346 e. The Morgan fingerprint density at radius 3 is 1.36 bits per heavy atom. The van der Waals surface area contributed by atoms with Crippen molar-refractivity contribution in [1.82, 2.24) is 0 Å². The molecule has 0 heterocycles. The van der Waals surface area contributed by atoms with Crippen LogP contribution in [0.25, 0.3) is 0 Å². The first kappa shape index (κ1) is 13.4. The van der Waals surface area contributed by atoms with Gasteiger partial charge in [0.05, 0.1) is 0 Å². The molecular formula is C5H4F8O. The Morgan fingerprint density at radius 1 is 0.786 bits per heavy atom. The minimum absolute atomic E-state index is 1.93. The van der Waals surface area contributed by atoms with Gasteiger partial charge < -0.3 is 4.74 Å². The molecule has 0 aromatic heterocycles. The predicted octanol–water partition coefficient (Wildman–Crippen LogP) is 2.76. The average Bonchev–Trinajstić information content (AvgIpc) is 1.95. The summed E-state index contributed by atoms with van der Waals surface area (Å²) in [5.41, 5.74) is -5.54. The fraction of sp³-hybridized carbons (Fsp3) is 1.00. The standard InChI is InChI=1S/C5H4F8O/c6-2-14-1-3(7,4(8,9)10)5(11,12)13/h1-2H2. The van der Waals surface area contributed by atoms with Crippen LogP contribution in [0.2, 0.25) is 0 Å². The van der Waals surface area contributed by atoms with Crippen molar-refractivity contribution in [2.45, 2.75) is 18.0 Å². The third-order valence-electron chi connectivity index (χ3n) is 1.28. The van der Waals surface area contributed by atoms with E-state index in [9.17, 15) is 35.1 Å². The van der Waals surface area contributed by atoms with Gasteiger partial charge in [-0.15, -0.1) is 0 Å². The predicted molar refractivity (Wildman–Crippen MR) is 27.9 cm³/mol. The molecule has 0 N–H and O–H groups in total. The molecule has 0 aliphatic rings. The topological polar surface area (TPSA) is 9.23 Å². The van der Waals surface area contributed by atoms with Crippen molar-refractivity contribution in [1.29, 1.82) is 0 Å². The van der Waals surface area contributed by atoms with Crippen LogP contribution in [0.5, 0.6) is 0 Å². The number of rotatable bonds is 3. The van der Waals surface area contributed by atoms with Crippen LogP contribution in [0.1, 0.15) is 0 Å². The number of halogens is 8. The zero-order valence-corrected chi connectivity index (χ0v) is 6.35. The first-order valence-corrected chi connectivity index (χ1v) is 3.02. The summed E-state index contributed by atoms with van der Waals surface area (Å²) in [6.45, 7) is -4.38. The Hall–Kier alpha value is -0.600. The largest absolute Gasteiger partial charge is 0.433 e. The molecule has 0 aromatic rings. The Kier molecular flexibility index (Phi) is 3.71. The van der Waals surface area contributed by atoms with Crippen molar-refractivity contribution in [3.63, 3.8) is 0 Å². The van der Waals surface area contributed by atoms with Crippen LogP contribution in [0.15, 0.2) is 0 Å². The van der Waals surface area contributed by atoms with Crippen LogP contribution in [0, 0.1) is 0 Å². The summed E-state index contributed by atoms with van der Waals surface area (Å²) >= 11 is 0. The fourth-order valence-corrected chi connectivity index (χ4v) is 0.504. The maximum absolute atomic E-state index is 12.5. The second kappa shape index (κ2) is 3.87. The van der Waals surface area contributed by atoms with E-state index in [2.05, 4.69) is 4.74 Å². The molecule has 0 aliphatic heterocycles. The van der Waals surface area contributed by atoms with Crippen LogP contribution in [-0.4, -0.2) is 31.5 Å². The maximum Gasteiger partial charge on any atom is 0.433 e. The molecule has 0 bridgehead atoms. The molecule has 0 rings (SSSR count). The molecule has 0 saturated carbocycles. The molecule has 86 valence electrons. The average molecular weight is 232 g/mol. The fourth-order valence-electron chi connectivity index (χ4n) is 0.504. The number of hydrogen-bond acceptors (Lipinski definition) is 1. The number of alkyl halides is 8. The van der Waals surface area contributed by atoms with Crippen molar-refractivity contribution in [3.8, 4) is 0 Å².